The average Bonchev–Trinajstić information content (AvgIpc) is 2.45. The maximum absolute atomic E-state index is 3.41. The van der Waals surface area contributed by atoms with Gasteiger partial charge in [0, 0.05) is 6.04 Å². The molecule has 0 aromatic rings. The van der Waals surface area contributed by atoms with Gasteiger partial charge in [-0.15, -0.1) is 12.4 Å². The molecule has 1 N–H and O–H groups in total. The van der Waals surface area contributed by atoms with Crippen LogP contribution in [0.1, 0.15) is 26.7 Å². The van der Waals surface area contributed by atoms with Gasteiger partial charge in [0.25, 0.3) is 0 Å². The van der Waals surface area contributed by atoms with Gasteiger partial charge in [-0.2, -0.15) is 0 Å². The number of halogens is 1. The second-order valence-corrected chi connectivity index (χ2v) is 2.68. The molecule has 2 heteroatoms. The summed E-state index contributed by atoms with van der Waals surface area (Å²) in [5.74, 6) is 1.01. The molecule has 1 rings (SSSR count). The van der Waals surface area contributed by atoms with Crippen molar-refractivity contribution in [3.8, 4) is 0 Å². The van der Waals surface area contributed by atoms with E-state index in [1.165, 1.54) is 12.8 Å². The van der Waals surface area contributed by atoms with Crippen LogP contribution in [0.4, 0.5) is 0 Å². The fraction of sp³-hybridized carbons (Fsp3) is 1.00. The van der Waals surface area contributed by atoms with Crippen molar-refractivity contribution in [2.75, 3.05) is 6.54 Å². The van der Waals surface area contributed by atoms with Crippen LogP contribution in [0.2, 0.25) is 0 Å². The number of hydrogen-bond donors (Lipinski definition) is 1. The first kappa shape index (κ1) is 9.25. The van der Waals surface area contributed by atoms with E-state index < -0.39 is 0 Å². The van der Waals surface area contributed by atoms with E-state index >= 15 is 0 Å². The monoisotopic (exact) mass is 149 g/mol. The van der Waals surface area contributed by atoms with Crippen LogP contribution in [0.5, 0.6) is 0 Å². The minimum absolute atomic E-state index is 0. The van der Waals surface area contributed by atoms with Gasteiger partial charge in [0.15, 0.2) is 0 Å². The third-order valence-electron chi connectivity index (χ3n) is 1.86. The number of hydrogen-bond acceptors (Lipinski definition) is 1. The molecule has 1 unspecified atom stereocenters. The Morgan fingerprint density at radius 3 is 2.44 bits per heavy atom. The smallest absolute Gasteiger partial charge is 0.00668 e. The molecule has 0 saturated heterocycles. The van der Waals surface area contributed by atoms with E-state index in [4.69, 9.17) is 0 Å². The van der Waals surface area contributed by atoms with Crippen molar-refractivity contribution in [3.05, 3.63) is 0 Å². The Kier molecular flexibility index (Phi) is 4.24. The molecule has 56 valence electrons. The van der Waals surface area contributed by atoms with Gasteiger partial charge in [0.2, 0.25) is 0 Å². The topological polar surface area (TPSA) is 12.0 Å². The molecule has 1 saturated carbocycles. The summed E-state index contributed by atoms with van der Waals surface area (Å²) in [6.07, 6.45) is 2.91. The van der Waals surface area contributed by atoms with Crippen LogP contribution in [0.15, 0.2) is 0 Å². The van der Waals surface area contributed by atoms with Crippen LogP contribution in [0, 0.1) is 5.92 Å². The first-order valence-electron chi connectivity index (χ1n) is 3.58. The lowest BCUT2D eigenvalue weighted by Crippen LogP contribution is -2.27. The van der Waals surface area contributed by atoms with Crippen LogP contribution < -0.4 is 5.32 Å². The molecule has 1 fully saturated rings. The Labute approximate surface area is 63.6 Å². The zero-order valence-electron chi connectivity index (χ0n) is 6.18. The summed E-state index contributed by atoms with van der Waals surface area (Å²) < 4.78 is 0. The summed E-state index contributed by atoms with van der Waals surface area (Å²) >= 11 is 0. The van der Waals surface area contributed by atoms with Crippen LogP contribution >= 0.6 is 12.4 Å². The third kappa shape index (κ3) is 3.07. The minimum atomic E-state index is 0. The van der Waals surface area contributed by atoms with Crippen molar-refractivity contribution in [2.24, 2.45) is 5.92 Å². The molecule has 1 aliphatic rings. The molecule has 1 atom stereocenters. The molecule has 0 heterocycles. The van der Waals surface area contributed by atoms with E-state index in [9.17, 15) is 0 Å². The summed E-state index contributed by atoms with van der Waals surface area (Å²) in [6, 6.07) is 0.778. The Bertz CT molecular complexity index is 71.3. The summed E-state index contributed by atoms with van der Waals surface area (Å²) in [7, 11) is 0. The van der Waals surface area contributed by atoms with Gasteiger partial charge < -0.3 is 5.32 Å². The lowest BCUT2D eigenvalue weighted by molar-refractivity contribution is 0.512. The molecule has 0 amide bonds. The highest BCUT2D eigenvalue weighted by Crippen LogP contribution is 2.31. The van der Waals surface area contributed by atoms with E-state index in [1.807, 2.05) is 0 Å². The molecular formula is C7H16ClN. The predicted molar refractivity (Wildman–Crippen MR) is 43.1 cm³/mol. The second kappa shape index (κ2) is 4.13. The Hall–Kier alpha value is 0.250. The van der Waals surface area contributed by atoms with Crippen molar-refractivity contribution in [1.82, 2.24) is 5.32 Å². The van der Waals surface area contributed by atoms with Crippen LogP contribution in [-0.4, -0.2) is 12.6 Å². The molecule has 0 aromatic carbocycles. The summed E-state index contributed by atoms with van der Waals surface area (Å²) in [6.45, 7) is 5.57. The van der Waals surface area contributed by atoms with Crippen LogP contribution in [0.3, 0.4) is 0 Å². The standard InChI is InChI=1S/C7H15N.ClH/c1-3-8-6(2)7-4-5-7;/h6-8H,3-5H2,1-2H3;1H. The Morgan fingerprint density at radius 2 is 2.11 bits per heavy atom. The van der Waals surface area contributed by atoms with Gasteiger partial charge in [-0.3, -0.25) is 0 Å². The van der Waals surface area contributed by atoms with Crippen LogP contribution in [-0.2, 0) is 0 Å². The third-order valence-corrected chi connectivity index (χ3v) is 1.86. The second-order valence-electron chi connectivity index (χ2n) is 2.68. The normalized spacial score (nSPS) is 20.7. The van der Waals surface area contributed by atoms with Crippen LogP contribution in [0.25, 0.3) is 0 Å². The molecule has 0 aromatic heterocycles. The molecule has 0 aliphatic heterocycles. The van der Waals surface area contributed by atoms with Gasteiger partial charge in [-0.05, 0) is 32.2 Å². The number of rotatable bonds is 3. The van der Waals surface area contributed by atoms with Crippen molar-refractivity contribution >= 4 is 12.4 Å². The average molecular weight is 150 g/mol. The largest absolute Gasteiger partial charge is 0.314 e. The molecule has 1 nitrogen and oxygen atoms in total. The maximum Gasteiger partial charge on any atom is 0.00668 e. The van der Waals surface area contributed by atoms with Crippen molar-refractivity contribution in [1.29, 1.82) is 0 Å². The molecule has 0 spiro atoms. The Balaban J connectivity index is 0.000000640. The zero-order chi connectivity index (χ0) is 5.98. The first-order chi connectivity index (χ1) is 3.84. The summed E-state index contributed by atoms with van der Waals surface area (Å²) in [5, 5.41) is 3.41. The van der Waals surface area contributed by atoms with E-state index in [0.29, 0.717) is 0 Å². The van der Waals surface area contributed by atoms with E-state index in [0.717, 1.165) is 18.5 Å². The van der Waals surface area contributed by atoms with Gasteiger partial charge in [-0.25, -0.2) is 0 Å². The molecule has 0 radical (unpaired) electrons. The predicted octanol–water partition coefficient (Wildman–Crippen LogP) is 1.82. The highest BCUT2D eigenvalue weighted by Gasteiger charge is 2.26. The van der Waals surface area contributed by atoms with Gasteiger partial charge in [-0.1, -0.05) is 6.92 Å². The van der Waals surface area contributed by atoms with Gasteiger partial charge in [0.1, 0.15) is 0 Å². The van der Waals surface area contributed by atoms with Crippen molar-refractivity contribution in [2.45, 2.75) is 32.7 Å². The quantitative estimate of drug-likeness (QED) is 0.646. The molecule has 9 heavy (non-hydrogen) atoms. The maximum atomic E-state index is 3.41. The van der Waals surface area contributed by atoms with E-state index in [2.05, 4.69) is 19.2 Å². The minimum Gasteiger partial charge on any atom is -0.314 e. The van der Waals surface area contributed by atoms with Gasteiger partial charge >= 0.3 is 0 Å². The fourth-order valence-electron chi connectivity index (χ4n) is 1.08. The summed E-state index contributed by atoms with van der Waals surface area (Å²) in [4.78, 5) is 0. The zero-order valence-corrected chi connectivity index (χ0v) is 7.00. The molecule has 0 bridgehead atoms. The SMILES string of the molecule is CCNC(C)C1CC1.Cl. The Morgan fingerprint density at radius 1 is 1.56 bits per heavy atom. The lowest BCUT2D eigenvalue weighted by Gasteiger charge is -2.08. The molecule has 1 aliphatic carbocycles. The number of nitrogens with one attached hydrogen (secondary N) is 1. The first-order valence-corrected chi connectivity index (χ1v) is 3.58. The van der Waals surface area contributed by atoms with Gasteiger partial charge in [0.05, 0.1) is 0 Å². The van der Waals surface area contributed by atoms with Crippen molar-refractivity contribution in [3.63, 3.8) is 0 Å². The fourth-order valence-corrected chi connectivity index (χ4v) is 1.08. The van der Waals surface area contributed by atoms with Crippen molar-refractivity contribution < 1.29 is 0 Å². The van der Waals surface area contributed by atoms with E-state index in [-0.39, 0.29) is 12.4 Å². The highest BCUT2D eigenvalue weighted by molar-refractivity contribution is 5.85. The van der Waals surface area contributed by atoms with E-state index in [1.54, 1.807) is 0 Å². The molecular weight excluding hydrogens is 134 g/mol. The highest BCUT2D eigenvalue weighted by atomic mass is 35.5. The lowest BCUT2D eigenvalue weighted by atomic mass is 10.2. The summed E-state index contributed by atoms with van der Waals surface area (Å²) in [5.41, 5.74) is 0.